The summed E-state index contributed by atoms with van der Waals surface area (Å²) in [5.41, 5.74) is 1.51. The number of carbonyl (C=O) groups is 2. The van der Waals surface area contributed by atoms with E-state index in [0.717, 1.165) is 11.4 Å². The Hall–Kier alpha value is -1.26. The maximum atomic E-state index is 12.4. The molecule has 0 saturated heterocycles. The minimum absolute atomic E-state index is 0.0220. The highest BCUT2D eigenvalue weighted by Gasteiger charge is 2.39. The molecule has 4 nitrogen and oxygen atoms in total. The van der Waals surface area contributed by atoms with Crippen molar-refractivity contribution in [2.45, 2.75) is 38.8 Å². The molecule has 0 aliphatic carbocycles. The summed E-state index contributed by atoms with van der Waals surface area (Å²) < 4.78 is 0. The summed E-state index contributed by atoms with van der Waals surface area (Å²) in [6.45, 7) is 3.90. The molecular weight excluding hydrogens is 323 g/mol. The van der Waals surface area contributed by atoms with Crippen LogP contribution in [0.2, 0.25) is 0 Å². The monoisotopic (exact) mass is 342 g/mol. The van der Waals surface area contributed by atoms with E-state index in [2.05, 4.69) is 0 Å². The lowest BCUT2D eigenvalue weighted by molar-refractivity contribution is -0.121. The van der Waals surface area contributed by atoms with Gasteiger partial charge in [-0.05, 0) is 26.0 Å². The number of hydrogen-bond donors (Lipinski definition) is 0. The van der Waals surface area contributed by atoms with Crippen molar-refractivity contribution in [3.63, 3.8) is 0 Å². The van der Waals surface area contributed by atoms with E-state index in [1.807, 2.05) is 38.1 Å². The molecule has 1 aliphatic heterocycles. The molecule has 2 atom stereocenters. The van der Waals surface area contributed by atoms with Crippen LogP contribution < -0.4 is 9.80 Å². The summed E-state index contributed by atoms with van der Waals surface area (Å²) >= 11 is 11.4. The standard InChI is InChI=1S/C16H20Cl2N2O2/c1-11-12(2)20(16(22)8-10-18)14-6-4-3-5-13(14)19(11)15(21)7-9-17/h3-6,11-12H,7-10H2,1-2H3/t11-,12-/m1/s1. The highest BCUT2D eigenvalue weighted by atomic mass is 35.5. The lowest BCUT2D eigenvalue weighted by atomic mass is 9.99. The topological polar surface area (TPSA) is 40.6 Å². The fraction of sp³-hybridized carbons (Fsp3) is 0.500. The number of alkyl halides is 2. The van der Waals surface area contributed by atoms with Crippen molar-refractivity contribution in [1.29, 1.82) is 0 Å². The highest BCUT2D eigenvalue weighted by Crippen LogP contribution is 2.39. The van der Waals surface area contributed by atoms with Gasteiger partial charge in [0.05, 0.1) is 23.5 Å². The van der Waals surface area contributed by atoms with Crippen molar-refractivity contribution < 1.29 is 9.59 Å². The molecule has 120 valence electrons. The zero-order chi connectivity index (χ0) is 16.3. The average Bonchev–Trinajstić information content (AvgIpc) is 2.49. The summed E-state index contributed by atoms with van der Waals surface area (Å²) in [5, 5.41) is 0. The van der Waals surface area contributed by atoms with Gasteiger partial charge in [0.15, 0.2) is 0 Å². The third-order valence-corrected chi connectivity index (χ3v) is 4.45. The van der Waals surface area contributed by atoms with Gasteiger partial charge < -0.3 is 9.80 Å². The third-order valence-electron chi connectivity index (χ3n) is 4.07. The molecule has 0 N–H and O–H groups in total. The van der Waals surface area contributed by atoms with Crippen molar-refractivity contribution in [3.05, 3.63) is 24.3 Å². The van der Waals surface area contributed by atoms with Crippen LogP contribution >= 0.6 is 23.2 Å². The van der Waals surface area contributed by atoms with E-state index in [1.165, 1.54) is 0 Å². The van der Waals surface area contributed by atoms with E-state index in [0.29, 0.717) is 0 Å². The number of benzene rings is 1. The van der Waals surface area contributed by atoms with Gasteiger partial charge in [-0.25, -0.2) is 0 Å². The summed E-state index contributed by atoms with van der Waals surface area (Å²) in [6.07, 6.45) is 0.561. The molecule has 0 saturated carbocycles. The van der Waals surface area contributed by atoms with Crippen LogP contribution in [0.3, 0.4) is 0 Å². The number of hydrogen-bond acceptors (Lipinski definition) is 2. The molecule has 0 unspecified atom stereocenters. The second-order valence-electron chi connectivity index (χ2n) is 5.38. The number of rotatable bonds is 4. The average molecular weight is 343 g/mol. The summed E-state index contributed by atoms with van der Waals surface area (Å²) in [7, 11) is 0. The number of fused-ring (bicyclic) bond motifs is 1. The first-order valence-electron chi connectivity index (χ1n) is 7.38. The zero-order valence-corrected chi connectivity index (χ0v) is 14.3. The normalized spacial score (nSPS) is 20.7. The molecular formula is C16H20Cl2N2O2. The Morgan fingerprint density at radius 1 is 0.909 bits per heavy atom. The molecule has 1 aliphatic rings. The van der Waals surface area contributed by atoms with Gasteiger partial charge in [-0.2, -0.15) is 0 Å². The van der Waals surface area contributed by atoms with Crippen LogP contribution in [0.5, 0.6) is 0 Å². The third kappa shape index (κ3) is 3.08. The van der Waals surface area contributed by atoms with Gasteiger partial charge in [0.2, 0.25) is 11.8 Å². The molecule has 0 bridgehead atoms. The Bertz CT molecular complexity index is 516. The van der Waals surface area contributed by atoms with Gasteiger partial charge in [-0.3, -0.25) is 9.59 Å². The lowest BCUT2D eigenvalue weighted by Gasteiger charge is -2.45. The van der Waals surface area contributed by atoms with E-state index >= 15 is 0 Å². The molecule has 2 amide bonds. The first-order chi connectivity index (χ1) is 10.5. The fourth-order valence-electron chi connectivity index (χ4n) is 2.87. The Morgan fingerprint density at radius 3 is 1.59 bits per heavy atom. The number of halogens is 2. The molecule has 1 aromatic carbocycles. The molecule has 0 radical (unpaired) electrons. The first-order valence-corrected chi connectivity index (χ1v) is 8.45. The summed E-state index contributed by atoms with van der Waals surface area (Å²) in [6, 6.07) is 7.23. The quantitative estimate of drug-likeness (QED) is 0.786. The first kappa shape index (κ1) is 17.1. The van der Waals surface area contributed by atoms with Gasteiger partial charge in [-0.15, -0.1) is 23.2 Å². The molecule has 2 rings (SSSR count). The van der Waals surface area contributed by atoms with E-state index in [9.17, 15) is 9.59 Å². The zero-order valence-electron chi connectivity index (χ0n) is 12.8. The van der Waals surface area contributed by atoms with E-state index in [-0.39, 0.29) is 48.5 Å². The number of carbonyl (C=O) groups excluding carboxylic acids is 2. The van der Waals surface area contributed by atoms with Crippen molar-refractivity contribution in [2.24, 2.45) is 0 Å². The van der Waals surface area contributed by atoms with Gasteiger partial charge in [0.1, 0.15) is 0 Å². The van der Waals surface area contributed by atoms with Crippen LogP contribution in [0.4, 0.5) is 11.4 Å². The van der Waals surface area contributed by atoms with Crippen LogP contribution in [-0.4, -0.2) is 35.7 Å². The van der Waals surface area contributed by atoms with Gasteiger partial charge >= 0.3 is 0 Å². The van der Waals surface area contributed by atoms with E-state index in [1.54, 1.807) is 9.80 Å². The second-order valence-corrected chi connectivity index (χ2v) is 6.13. The van der Waals surface area contributed by atoms with Crippen LogP contribution in [0.15, 0.2) is 24.3 Å². The van der Waals surface area contributed by atoms with E-state index < -0.39 is 0 Å². The fourth-order valence-corrected chi connectivity index (χ4v) is 3.19. The van der Waals surface area contributed by atoms with Gasteiger partial charge in [0, 0.05) is 24.6 Å². The van der Waals surface area contributed by atoms with Gasteiger partial charge in [-0.1, -0.05) is 12.1 Å². The maximum absolute atomic E-state index is 12.4. The lowest BCUT2D eigenvalue weighted by Crippen LogP contribution is -2.57. The molecule has 0 spiro atoms. The van der Waals surface area contributed by atoms with Crippen molar-refractivity contribution in [2.75, 3.05) is 21.6 Å². The largest absolute Gasteiger partial charge is 0.305 e. The molecule has 1 heterocycles. The molecule has 1 aromatic rings. The Labute approximate surface area is 141 Å². The minimum atomic E-state index is -0.120. The van der Waals surface area contributed by atoms with Crippen molar-refractivity contribution in [1.82, 2.24) is 0 Å². The SMILES string of the molecule is C[C@@H]1[C@@H](C)N(C(=O)CCCl)c2ccccc2N1C(=O)CCCl. The van der Waals surface area contributed by atoms with Gasteiger partial charge in [0.25, 0.3) is 0 Å². The summed E-state index contributed by atoms with van der Waals surface area (Å²) in [5.74, 6) is 0.526. The molecule has 0 aromatic heterocycles. The second kappa shape index (κ2) is 7.34. The van der Waals surface area contributed by atoms with Crippen LogP contribution in [0.1, 0.15) is 26.7 Å². The minimum Gasteiger partial charge on any atom is -0.305 e. The van der Waals surface area contributed by atoms with Crippen LogP contribution in [-0.2, 0) is 9.59 Å². The number of anilines is 2. The highest BCUT2D eigenvalue weighted by molar-refractivity contribution is 6.20. The predicted octanol–water partition coefficient (Wildman–Crippen LogP) is 3.40. The van der Waals surface area contributed by atoms with Crippen molar-refractivity contribution >= 4 is 46.4 Å². The van der Waals surface area contributed by atoms with E-state index in [4.69, 9.17) is 23.2 Å². The number of para-hydroxylation sites is 2. The Balaban J connectivity index is 2.48. The summed E-state index contributed by atoms with van der Waals surface area (Å²) in [4.78, 5) is 28.4. The smallest absolute Gasteiger partial charge is 0.228 e. The Kier molecular flexibility index (Phi) is 5.70. The molecule has 6 heteroatoms. The van der Waals surface area contributed by atoms with Crippen molar-refractivity contribution in [3.8, 4) is 0 Å². The molecule has 0 fully saturated rings. The molecule has 22 heavy (non-hydrogen) atoms. The van der Waals surface area contributed by atoms with Crippen LogP contribution in [0, 0.1) is 0 Å². The van der Waals surface area contributed by atoms with Crippen LogP contribution in [0.25, 0.3) is 0 Å². The maximum Gasteiger partial charge on any atom is 0.228 e. The number of amides is 2. The predicted molar refractivity (Wildman–Crippen MR) is 91.0 cm³/mol. The number of nitrogens with zero attached hydrogens (tertiary/aromatic N) is 2. The Morgan fingerprint density at radius 2 is 1.27 bits per heavy atom.